The molecule has 1 unspecified atom stereocenters. The molecule has 1 N–H and O–H groups in total. The summed E-state index contributed by atoms with van der Waals surface area (Å²) in [6.45, 7) is 6.58. The van der Waals surface area contributed by atoms with Crippen molar-refractivity contribution in [1.29, 1.82) is 0 Å². The van der Waals surface area contributed by atoms with Crippen molar-refractivity contribution in [3.63, 3.8) is 0 Å². The van der Waals surface area contributed by atoms with Crippen LogP contribution >= 0.6 is 11.5 Å². The van der Waals surface area contributed by atoms with Gasteiger partial charge < -0.3 is 10.2 Å². The fourth-order valence-electron chi connectivity index (χ4n) is 4.45. The van der Waals surface area contributed by atoms with Crippen LogP contribution in [0.15, 0.2) is 48.5 Å². The summed E-state index contributed by atoms with van der Waals surface area (Å²) < 4.78 is 6.00. The zero-order chi connectivity index (χ0) is 18.1. The number of piperazine rings is 1. The fourth-order valence-corrected chi connectivity index (χ4v) is 5.25. The van der Waals surface area contributed by atoms with Gasteiger partial charge in [-0.25, -0.2) is 0 Å². The summed E-state index contributed by atoms with van der Waals surface area (Å²) in [5.74, 6) is 1.18. The Morgan fingerprint density at radius 3 is 2.74 bits per heavy atom. The minimum absolute atomic E-state index is 0.545. The maximum atomic E-state index is 4.72. The second-order valence-corrected chi connectivity index (χ2v) is 8.38. The Morgan fingerprint density at radius 2 is 1.81 bits per heavy atom. The van der Waals surface area contributed by atoms with Gasteiger partial charge in [0.1, 0.15) is 5.82 Å². The van der Waals surface area contributed by atoms with Gasteiger partial charge in [0, 0.05) is 50.7 Å². The highest BCUT2D eigenvalue weighted by Gasteiger charge is 2.23. The van der Waals surface area contributed by atoms with E-state index >= 15 is 0 Å². The second-order valence-electron chi connectivity index (χ2n) is 7.58. The first-order valence-corrected chi connectivity index (χ1v) is 10.8. The number of rotatable bonds is 5. The number of aromatic nitrogens is 1. The van der Waals surface area contributed by atoms with Gasteiger partial charge in [-0.1, -0.05) is 36.4 Å². The average molecular weight is 379 g/mol. The summed E-state index contributed by atoms with van der Waals surface area (Å²) in [7, 11) is 0. The molecule has 4 nitrogen and oxygen atoms in total. The first-order chi connectivity index (χ1) is 13.4. The Labute approximate surface area is 165 Å². The van der Waals surface area contributed by atoms with Crippen LogP contribution in [0.2, 0.25) is 0 Å². The third-order valence-electron chi connectivity index (χ3n) is 5.98. The van der Waals surface area contributed by atoms with Crippen molar-refractivity contribution in [3.05, 3.63) is 59.7 Å². The van der Waals surface area contributed by atoms with Crippen molar-refractivity contribution < 1.29 is 0 Å². The predicted molar refractivity (Wildman–Crippen MR) is 114 cm³/mol. The van der Waals surface area contributed by atoms with Crippen LogP contribution in [-0.2, 0) is 6.42 Å². The molecule has 5 heteroatoms. The molecule has 3 aromatic rings. The minimum atomic E-state index is 0.545. The molecule has 0 saturated carbocycles. The molecule has 0 radical (unpaired) electrons. The molecule has 2 heterocycles. The zero-order valence-corrected chi connectivity index (χ0v) is 16.4. The number of hydrogen-bond donors (Lipinski definition) is 1. The van der Waals surface area contributed by atoms with Gasteiger partial charge in [-0.05, 0) is 47.6 Å². The van der Waals surface area contributed by atoms with Gasteiger partial charge in [0.25, 0.3) is 0 Å². The first-order valence-electron chi connectivity index (χ1n) is 10.0. The predicted octanol–water partition coefficient (Wildman–Crippen LogP) is 3.70. The molecule has 0 spiro atoms. The SMILES string of the molecule is c1ccc2c(c1)CCC2NCCN1CCN(c2nsc3ccccc23)CC1. The summed E-state index contributed by atoms with van der Waals surface area (Å²) >= 11 is 1.62. The van der Waals surface area contributed by atoms with Gasteiger partial charge in [0.2, 0.25) is 0 Å². The van der Waals surface area contributed by atoms with Gasteiger partial charge in [0.05, 0.1) is 4.70 Å². The van der Waals surface area contributed by atoms with Crippen LogP contribution in [-0.4, -0.2) is 48.5 Å². The molecule has 5 rings (SSSR count). The van der Waals surface area contributed by atoms with Gasteiger partial charge in [-0.3, -0.25) is 4.90 Å². The molecular weight excluding hydrogens is 352 g/mol. The molecule has 2 aromatic carbocycles. The van der Waals surface area contributed by atoms with Gasteiger partial charge in [-0.2, -0.15) is 4.37 Å². The third-order valence-corrected chi connectivity index (χ3v) is 6.80. The lowest BCUT2D eigenvalue weighted by Gasteiger charge is -2.35. The minimum Gasteiger partial charge on any atom is -0.353 e. The lowest BCUT2D eigenvalue weighted by molar-refractivity contribution is 0.253. The van der Waals surface area contributed by atoms with Gasteiger partial charge in [-0.15, -0.1) is 0 Å². The number of nitrogens with one attached hydrogen (secondary N) is 1. The molecule has 1 aromatic heterocycles. The van der Waals surface area contributed by atoms with E-state index in [-0.39, 0.29) is 0 Å². The van der Waals surface area contributed by atoms with Crippen molar-refractivity contribution in [1.82, 2.24) is 14.6 Å². The van der Waals surface area contributed by atoms with Crippen LogP contribution in [0.5, 0.6) is 0 Å². The summed E-state index contributed by atoms with van der Waals surface area (Å²) in [6.07, 6.45) is 2.46. The van der Waals surface area contributed by atoms with Crippen molar-refractivity contribution in [2.24, 2.45) is 0 Å². The van der Waals surface area contributed by atoms with Crippen molar-refractivity contribution in [2.75, 3.05) is 44.2 Å². The van der Waals surface area contributed by atoms with E-state index in [9.17, 15) is 0 Å². The van der Waals surface area contributed by atoms with Crippen LogP contribution in [0.3, 0.4) is 0 Å². The van der Waals surface area contributed by atoms with E-state index in [1.807, 2.05) is 0 Å². The van der Waals surface area contributed by atoms with Crippen LogP contribution in [0.1, 0.15) is 23.6 Å². The normalized spacial score (nSPS) is 20.3. The highest BCUT2D eigenvalue weighted by atomic mass is 32.1. The van der Waals surface area contributed by atoms with E-state index in [4.69, 9.17) is 4.37 Å². The van der Waals surface area contributed by atoms with Crippen molar-refractivity contribution >= 4 is 27.4 Å². The summed E-state index contributed by atoms with van der Waals surface area (Å²) in [5.41, 5.74) is 3.04. The van der Waals surface area contributed by atoms with E-state index in [0.29, 0.717) is 6.04 Å². The molecular formula is C22H26N4S. The van der Waals surface area contributed by atoms with Crippen LogP contribution in [0, 0.1) is 0 Å². The largest absolute Gasteiger partial charge is 0.353 e. The topological polar surface area (TPSA) is 31.4 Å². The number of fused-ring (bicyclic) bond motifs is 2. The van der Waals surface area contributed by atoms with Crippen LogP contribution < -0.4 is 10.2 Å². The Kier molecular flexibility index (Phi) is 4.82. The third kappa shape index (κ3) is 3.47. The summed E-state index contributed by atoms with van der Waals surface area (Å²) in [6, 6.07) is 18.0. The monoisotopic (exact) mass is 378 g/mol. The van der Waals surface area contributed by atoms with E-state index < -0.39 is 0 Å². The summed E-state index contributed by atoms with van der Waals surface area (Å²) in [5, 5.41) is 5.09. The van der Waals surface area contributed by atoms with Gasteiger partial charge in [0.15, 0.2) is 0 Å². The second kappa shape index (κ2) is 7.58. The fraction of sp³-hybridized carbons (Fsp3) is 0.409. The lowest BCUT2D eigenvalue weighted by Crippen LogP contribution is -2.48. The van der Waals surface area contributed by atoms with Crippen molar-refractivity contribution in [2.45, 2.75) is 18.9 Å². The molecule has 1 aliphatic carbocycles. The Balaban J connectivity index is 1.12. The maximum Gasteiger partial charge on any atom is 0.150 e. The molecule has 27 heavy (non-hydrogen) atoms. The molecule has 0 amide bonds. The number of anilines is 1. The van der Waals surface area contributed by atoms with Crippen molar-refractivity contribution in [3.8, 4) is 0 Å². The smallest absolute Gasteiger partial charge is 0.150 e. The quantitative estimate of drug-likeness (QED) is 0.734. The van der Waals surface area contributed by atoms with E-state index in [2.05, 4.69) is 63.6 Å². The van der Waals surface area contributed by atoms with Gasteiger partial charge >= 0.3 is 0 Å². The van der Waals surface area contributed by atoms with Crippen LogP contribution in [0.4, 0.5) is 5.82 Å². The Bertz CT molecular complexity index is 913. The molecule has 1 fully saturated rings. The molecule has 1 aliphatic heterocycles. The number of hydrogen-bond acceptors (Lipinski definition) is 5. The zero-order valence-electron chi connectivity index (χ0n) is 15.6. The Hall–Kier alpha value is -1.95. The molecule has 1 atom stereocenters. The molecule has 1 saturated heterocycles. The number of aryl methyl sites for hydroxylation is 1. The standard InChI is InChI=1S/C22H26N4S/c1-2-6-18-17(5-1)9-10-20(18)23-11-12-25-13-15-26(16-14-25)22-19-7-3-4-8-21(19)27-24-22/h1-8,20,23H,9-16H2. The highest BCUT2D eigenvalue weighted by Crippen LogP contribution is 2.31. The lowest BCUT2D eigenvalue weighted by atomic mass is 10.1. The van der Waals surface area contributed by atoms with E-state index in [0.717, 1.165) is 39.3 Å². The van der Waals surface area contributed by atoms with E-state index in [1.54, 1.807) is 11.5 Å². The first kappa shape index (κ1) is 17.2. The molecule has 0 bridgehead atoms. The summed E-state index contributed by atoms with van der Waals surface area (Å²) in [4.78, 5) is 5.04. The van der Waals surface area contributed by atoms with Crippen LogP contribution in [0.25, 0.3) is 10.1 Å². The Morgan fingerprint density at radius 1 is 1.00 bits per heavy atom. The average Bonchev–Trinajstić information content (AvgIpc) is 3.33. The number of nitrogens with zero attached hydrogens (tertiary/aromatic N) is 3. The maximum absolute atomic E-state index is 4.72. The van der Waals surface area contributed by atoms with E-state index in [1.165, 1.54) is 39.9 Å². The molecule has 140 valence electrons. The number of benzene rings is 2. The highest BCUT2D eigenvalue weighted by molar-refractivity contribution is 7.13. The molecule has 2 aliphatic rings.